The second-order valence-electron chi connectivity index (χ2n) is 10.3. The molecule has 4 nitrogen and oxygen atoms in total. The Labute approximate surface area is 220 Å². The average molecular weight is 508 g/mol. The first-order chi connectivity index (χ1) is 18.4. The molecule has 1 aliphatic heterocycles. The summed E-state index contributed by atoms with van der Waals surface area (Å²) >= 11 is 0. The largest absolute Gasteiger partial charge is 0.355 e. The molecule has 4 aromatic carbocycles. The minimum Gasteiger partial charge on any atom is -0.355 e. The Hall–Kier alpha value is -4.32. The third kappa shape index (κ3) is 3.97. The Kier molecular flexibility index (Phi) is 5.83. The highest BCUT2D eigenvalue weighted by Crippen LogP contribution is 2.70. The molecule has 190 valence electrons. The van der Waals surface area contributed by atoms with E-state index in [4.69, 9.17) is 5.41 Å². The molecule has 6 rings (SSSR count). The predicted octanol–water partition coefficient (Wildman–Crippen LogP) is 6.82. The molecule has 3 unspecified atom stereocenters. The van der Waals surface area contributed by atoms with Crippen LogP contribution in [0.25, 0.3) is 0 Å². The van der Waals surface area contributed by atoms with E-state index in [0.717, 1.165) is 28.1 Å². The zero-order valence-corrected chi connectivity index (χ0v) is 20.9. The van der Waals surface area contributed by atoms with Crippen LogP contribution in [0.5, 0.6) is 0 Å². The Morgan fingerprint density at radius 1 is 0.974 bits per heavy atom. The van der Waals surface area contributed by atoms with Crippen LogP contribution >= 0.6 is 0 Å². The number of nitrogens with one attached hydrogen (secondary N) is 2. The minimum absolute atomic E-state index is 0.164. The molecule has 0 spiro atoms. The van der Waals surface area contributed by atoms with Crippen molar-refractivity contribution in [3.63, 3.8) is 0 Å². The molecule has 0 aromatic heterocycles. The van der Waals surface area contributed by atoms with Crippen molar-refractivity contribution in [3.8, 4) is 0 Å². The van der Waals surface area contributed by atoms with Gasteiger partial charge < -0.3 is 15.6 Å². The maximum Gasteiger partial charge on any atom is 0.253 e. The molecular formula is C32H27F2N3O. The Morgan fingerprint density at radius 2 is 1.74 bits per heavy atom. The molecule has 1 saturated heterocycles. The van der Waals surface area contributed by atoms with E-state index in [1.807, 2.05) is 29.2 Å². The van der Waals surface area contributed by atoms with Crippen LogP contribution < -0.4 is 5.32 Å². The number of halogens is 2. The van der Waals surface area contributed by atoms with Crippen molar-refractivity contribution in [2.45, 2.75) is 18.3 Å². The van der Waals surface area contributed by atoms with Gasteiger partial charge in [0.25, 0.3) is 5.91 Å². The first-order valence-electron chi connectivity index (χ1n) is 12.7. The van der Waals surface area contributed by atoms with E-state index < -0.39 is 5.82 Å². The van der Waals surface area contributed by atoms with Gasteiger partial charge in [0, 0.05) is 53.1 Å². The van der Waals surface area contributed by atoms with Crippen LogP contribution in [0.2, 0.25) is 0 Å². The van der Waals surface area contributed by atoms with Gasteiger partial charge in [0.05, 0.1) is 0 Å². The lowest BCUT2D eigenvalue weighted by Gasteiger charge is -2.26. The number of amides is 1. The third-order valence-corrected chi connectivity index (χ3v) is 8.07. The molecule has 2 N–H and O–H groups in total. The van der Waals surface area contributed by atoms with Gasteiger partial charge in [-0.05, 0) is 84.1 Å². The van der Waals surface area contributed by atoms with Crippen LogP contribution in [0.3, 0.4) is 0 Å². The maximum atomic E-state index is 13.9. The number of carbonyl (C=O) groups is 1. The molecule has 0 radical (unpaired) electrons. The predicted molar refractivity (Wildman–Crippen MR) is 145 cm³/mol. The minimum atomic E-state index is -0.423. The van der Waals surface area contributed by atoms with E-state index in [1.165, 1.54) is 36.0 Å². The fourth-order valence-corrected chi connectivity index (χ4v) is 6.36. The average Bonchev–Trinajstić information content (AvgIpc) is 3.38. The highest BCUT2D eigenvalue weighted by Gasteiger charge is 2.70. The van der Waals surface area contributed by atoms with Crippen LogP contribution in [0.15, 0.2) is 91.0 Å². The van der Waals surface area contributed by atoms with Gasteiger partial charge in [-0.25, -0.2) is 8.78 Å². The van der Waals surface area contributed by atoms with Crippen molar-refractivity contribution in [3.05, 3.63) is 130 Å². The van der Waals surface area contributed by atoms with Crippen LogP contribution in [-0.4, -0.2) is 30.1 Å². The summed E-state index contributed by atoms with van der Waals surface area (Å²) in [6, 6.07) is 26.4. The summed E-state index contributed by atoms with van der Waals surface area (Å²) < 4.78 is 27.2. The highest BCUT2D eigenvalue weighted by molar-refractivity contribution is 5.95. The summed E-state index contributed by atoms with van der Waals surface area (Å²) in [5.41, 5.74) is 5.70. The number of rotatable bonds is 6. The lowest BCUT2D eigenvalue weighted by Crippen LogP contribution is -2.34. The molecule has 2 fully saturated rings. The fourth-order valence-electron chi connectivity index (χ4n) is 6.36. The summed E-state index contributed by atoms with van der Waals surface area (Å²) in [6.45, 7) is 3.17. The van der Waals surface area contributed by atoms with Crippen molar-refractivity contribution in [2.75, 3.05) is 18.4 Å². The molecule has 1 saturated carbocycles. The molecule has 38 heavy (non-hydrogen) atoms. The second-order valence-corrected chi connectivity index (χ2v) is 10.3. The maximum absolute atomic E-state index is 13.9. The van der Waals surface area contributed by atoms with E-state index in [-0.39, 0.29) is 29.0 Å². The van der Waals surface area contributed by atoms with Gasteiger partial charge in [-0.3, -0.25) is 4.79 Å². The summed E-state index contributed by atoms with van der Waals surface area (Å²) in [6.07, 6.45) is 1.32. The van der Waals surface area contributed by atoms with Crippen molar-refractivity contribution >= 4 is 23.5 Å². The number of carbonyl (C=O) groups excluding carboxylic acids is 1. The summed E-state index contributed by atoms with van der Waals surface area (Å²) in [5, 5.41) is 11.4. The van der Waals surface area contributed by atoms with E-state index in [2.05, 4.69) is 30.4 Å². The first-order valence-corrected chi connectivity index (χ1v) is 12.7. The SMILES string of the molecule is Cc1cc(Nc2ccc(F)cc2)c(C=N)cc1C12CN(C(=O)c3cccc(F)c3)CC1C2c1ccccc1. The normalized spacial score (nSPS) is 21.6. The van der Waals surface area contributed by atoms with Crippen LogP contribution in [0.4, 0.5) is 20.2 Å². The molecule has 1 aliphatic carbocycles. The molecule has 4 aromatic rings. The van der Waals surface area contributed by atoms with Crippen molar-refractivity contribution in [1.82, 2.24) is 4.90 Å². The van der Waals surface area contributed by atoms with Gasteiger partial charge in [0.2, 0.25) is 0 Å². The van der Waals surface area contributed by atoms with Gasteiger partial charge in [0.15, 0.2) is 0 Å². The number of likely N-dealkylation sites (tertiary alicyclic amines) is 1. The molecule has 1 amide bonds. The third-order valence-electron chi connectivity index (χ3n) is 8.07. The van der Waals surface area contributed by atoms with Crippen LogP contribution in [0.1, 0.15) is 38.5 Å². The van der Waals surface area contributed by atoms with Gasteiger partial charge in [-0.2, -0.15) is 0 Å². The second kappa shape index (κ2) is 9.21. The van der Waals surface area contributed by atoms with Gasteiger partial charge in [-0.15, -0.1) is 0 Å². The summed E-state index contributed by atoms with van der Waals surface area (Å²) in [4.78, 5) is 15.2. The summed E-state index contributed by atoms with van der Waals surface area (Å²) in [7, 11) is 0. The molecule has 3 atom stereocenters. The summed E-state index contributed by atoms with van der Waals surface area (Å²) in [5.74, 6) is -0.432. The number of fused-ring (bicyclic) bond motifs is 1. The number of hydrogen-bond acceptors (Lipinski definition) is 3. The Morgan fingerprint density at radius 3 is 2.45 bits per heavy atom. The van der Waals surface area contributed by atoms with Gasteiger partial charge in [-0.1, -0.05) is 36.4 Å². The fraction of sp³-hybridized carbons (Fsp3) is 0.188. The van der Waals surface area contributed by atoms with Crippen molar-refractivity contribution < 1.29 is 13.6 Å². The van der Waals surface area contributed by atoms with Gasteiger partial charge >= 0.3 is 0 Å². The van der Waals surface area contributed by atoms with Crippen LogP contribution in [-0.2, 0) is 5.41 Å². The number of piperidine rings is 1. The topological polar surface area (TPSA) is 56.2 Å². The van der Waals surface area contributed by atoms with E-state index in [1.54, 1.807) is 24.3 Å². The van der Waals surface area contributed by atoms with Crippen LogP contribution in [0, 0.1) is 29.9 Å². The number of aryl methyl sites for hydroxylation is 1. The lowest BCUT2D eigenvalue weighted by atomic mass is 9.85. The van der Waals surface area contributed by atoms with Crippen molar-refractivity contribution in [1.29, 1.82) is 5.41 Å². The van der Waals surface area contributed by atoms with Crippen molar-refractivity contribution in [2.24, 2.45) is 5.92 Å². The van der Waals surface area contributed by atoms with Gasteiger partial charge in [0.1, 0.15) is 11.6 Å². The monoisotopic (exact) mass is 507 g/mol. The Balaban J connectivity index is 1.38. The molecule has 2 aliphatic rings. The quantitative estimate of drug-likeness (QED) is 0.281. The molecule has 1 heterocycles. The van der Waals surface area contributed by atoms with E-state index in [0.29, 0.717) is 18.7 Å². The zero-order valence-electron chi connectivity index (χ0n) is 20.9. The molecule has 0 bridgehead atoms. The molecule has 6 heteroatoms. The Bertz CT molecular complexity index is 1540. The first kappa shape index (κ1) is 24.0. The van der Waals surface area contributed by atoms with E-state index >= 15 is 0 Å². The standard InChI is InChI=1S/C32H27F2N3O/c1-20-14-29(36-26-12-10-24(33)11-13-26)23(17-35)16-27(20)32-19-37(31(38)22-8-5-9-25(34)15-22)18-28(32)30(32)21-6-3-2-4-7-21/h2-17,28,30,35-36H,18-19H2,1H3. The van der Waals surface area contributed by atoms with E-state index in [9.17, 15) is 13.6 Å². The number of benzene rings is 4. The molecular weight excluding hydrogens is 480 g/mol. The highest BCUT2D eigenvalue weighted by atomic mass is 19.1. The smallest absolute Gasteiger partial charge is 0.253 e. The number of nitrogens with zero attached hydrogens (tertiary/aromatic N) is 1. The number of anilines is 2. The zero-order chi connectivity index (χ0) is 26.4. The number of hydrogen-bond donors (Lipinski definition) is 2. The lowest BCUT2D eigenvalue weighted by molar-refractivity contribution is 0.0768.